The van der Waals surface area contributed by atoms with Crippen LogP contribution in [0.2, 0.25) is 0 Å². The van der Waals surface area contributed by atoms with Crippen LogP contribution in [-0.4, -0.2) is 21.5 Å². The summed E-state index contributed by atoms with van der Waals surface area (Å²) in [6, 6.07) is 7.68. The molecular weight excluding hydrogens is 286 g/mol. The topological polar surface area (TPSA) is 49.0 Å². The zero-order valence-electron chi connectivity index (χ0n) is 9.55. The van der Waals surface area contributed by atoms with Gasteiger partial charge < -0.3 is 4.74 Å². The lowest BCUT2D eigenvalue weighted by Crippen LogP contribution is -2.23. The highest BCUT2D eigenvalue weighted by Gasteiger charge is 2.14. The third-order valence-corrected chi connectivity index (χ3v) is 2.91. The van der Waals surface area contributed by atoms with Crippen LogP contribution in [0.25, 0.3) is 5.69 Å². The number of nitrogens with zero attached hydrogens (tertiary/aromatic N) is 3. The quantitative estimate of drug-likeness (QED) is 0.868. The molecule has 1 heterocycles. The van der Waals surface area contributed by atoms with Crippen LogP contribution < -0.4 is 10.4 Å². The first-order chi connectivity index (χ1) is 8.17. The van der Waals surface area contributed by atoms with Crippen LogP contribution in [0.3, 0.4) is 0 Å². The van der Waals surface area contributed by atoms with Crippen LogP contribution in [0.4, 0.5) is 0 Å². The molecule has 0 atom stereocenters. The Kier molecular flexibility index (Phi) is 3.33. The van der Waals surface area contributed by atoms with Crippen molar-refractivity contribution in [1.29, 1.82) is 0 Å². The van der Waals surface area contributed by atoms with Gasteiger partial charge in [-0.15, -0.1) is 5.10 Å². The van der Waals surface area contributed by atoms with Crippen molar-refractivity contribution in [1.82, 2.24) is 14.3 Å². The minimum Gasteiger partial charge on any atom is -0.467 e. The highest BCUT2D eigenvalue weighted by atomic mass is 79.9. The Labute approximate surface area is 107 Å². The summed E-state index contributed by atoms with van der Waals surface area (Å²) in [6.07, 6.45) is 0. The van der Waals surface area contributed by atoms with Crippen molar-refractivity contribution in [3.63, 3.8) is 0 Å². The summed E-state index contributed by atoms with van der Waals surface area (Å²) in [5.74, 6) is 0. The first kappa shape index (κ1) is 11.9. The van der Waals surface area contributed by atoms with Gasteiger partial charge in [0, 0.05) is 11.0 Å². The minimum absolute atomic E-state index is 0.202. The summed E-state index contributed by atoms with van der Waals surface area (Å²) in [5.41, 5.74) is 0.529. The molecule has 0 amide bonds. The van der Waals surface area contributed by atoms with Crippen molar-refractivity contribution < 1.29 is 4.74 Å². The number of hydrogen-bond acceptors (Lipinski definition) is 3. The lowest BCUT2D eigenvalue weighted by Gasteiger charge is -2.03. The highest BCUT2D eigenvalue weighted by Crippen LogP contribution is 2.16. The molecule has 90 valence electrons. The van der Waals surface area contributed by atoms with Gasteiger partial charge in [0.2, 0.25) is 0 Å². The smallest absolute Gasteiger partial charge is 0.353 e. The van der Waals surface area contributed by atoms with E-state index in [1.54, 1.807) is 0 Å². The molecule has 1 aromatic heterocycles. The number of ether oxygens (including phenoxy) is 1. The van der Waals surface area contributed by atoms with Crippen molar-refractivity contribution in [2.75, 3.05) is 7.11 Å². The lowest BCUT2D eigenvalue weighted by atomic mass is 10.3. The molecule has 0 aliphatic heterocycles. The SMILES string of the molecule is CCn1nc(OC)n(-c2ccc(Br)cc2)c1=O. The number of halogens is 1. The molecule has 0 saturated heterocycles. The summed E-state index contributed by atoms with van der Waals surface area (Å²) in [5, 5.41) is 4.08. The van der Waals surface area contributed by atoms with E-state index in [9.17, 15) is 4.79 Å². The molecule has 0 spiro atoms. The zero-order chi connectivity index (χ0) is 12.4. The molecule has 0 N–H and O–H groups in total. The van der Waals surface area contributed by atoms with Crippen molar-refractivity contribution in [2.45, 2.75) is 13.5 Å². The van der Waals surface area contributed by atoms with Gasteiger partial charge in [0.1, 0.15) is 0 Å². The Morgan fingerprint density at radius 1 is 1.35 bits per heavy atom. The van der Waals surface area contributed by atoms with E-state index >= 15 is 0 Å². The molecule has 0 saturated carbocycles. The average Bonchev–Trinajstić information content (AvgIpc) is 2.67. The van der Waals surface area contributed by atoms with E-state index in [0.717, 1.165) is 10.2 Å². The third-order valence-electron chi connectivity index (χ3n) is 2.38. The molecule has 0 unspecified atom stereocenters. The van der Waals surface area contributed by atoms with Crippen LogP contribution in [0.1, 0.15) is 6.92 Å². The van der Waals surface area contributed by atoms with Gasteiger partial charge in [0.25, 0.3) is 0 Å². The first-order valence-corrected chi connectivity index (χ1v) is 5.96. The second-order valence-corrected chi connectivity index (χ2v) is 4.31. The second kappa shape index (κ2) is 4.75. The van der Waals surface area contributed by atoms with Gasteiger partial charge >= 0.3 is 11.7 Å². The van der Waals surface area contributed by atoms with E-state index in [2.05, 4.69) is 21.0 Å². The van der Waals surface area contributed by atoms with Crippen LogP contribution >= 0.6 is 15.9 Å². The van der Waals surface area contributed by atoms with Crippen LogP contribution in [0.5, 0.6) is 6.01 Å². The number of methoxy groups -OCH3 is 1. The van der Waals surface area contributed by atoms with Gasteiger partial charge in [-0.2, -0.15) is 0 Å². The molecule has 17 heavy (non-hydrogen) atoms. The maximum Gasteiger partial charge on any atom is 0.353 e. The number of aryl methyl sites for hydroxylation is 1. The summed E-state index contributed by atoms with van der Waals surface area (Å²) < 4.78 is 8.87. The summed E-state index contributed by atoms with van der Waals surface area (Å²) in [4.78, 5) is 12.0. The van der Waals surface area contributed by atoms with Crippen LogP contribution in [0.15, 0.2) is 33.5 Å². The summed E-state index contributed by atoms with van der Waals surface area (Å²) >= 11 is 3.35. The molecule has 5 nitrogen and oxygen atoms in total. The Morgan fingerprint density at radius 2 is 2.00 bits per heavy atom. The average molecular weight is 298 g/mol. The van der Waals surface area contributed by atoms with Gasteiger partial charge in [-0.1, -0.05) is 15.9 Å². The van der Waals surface area contributed by atoms with Gasteiger partial charge in [-0.05, 0) is 31.2 Å². The van der Waals surface area contributed by atoms with E-state index in [1.165, 1.54) is 16.4 Å². The fourth-order valence-corrected chi connectivity index (χ4v) is 1.80. The van der Waals surface area contributed by atoms with E-state index < -0.39 is 0 Å². The zero-order valence-corrected chi connectivity index (χ0v) is 11.1. The Morgan fingerprint density at radius 3 is 2.53 bits per heavy atom. The van der Waals surface area contributed by atoms with Crippen LogP contribution in [-0.2, 0) is 6.54 Å². The highest BCUT2D eigenvalue weighted by molar-refractivity contribution is 9.10. The molecule has 1 aromatic carbocycles. The predicted octanol–water partition coefficient (Wildman–Crippen LogP) is 1.82. The van der Waals surface area contributed by atoms with E-state index in [4.69, 9.17) is 4.74 Å². The molecule has 0 aliphatic carbocycles. The molecule has 6 heteroatoms. The second-order valence-electron chi connectivity index (χ2n) is 3.40. The van der Waals surface area contributed by atoms with Crippen molar-refractivity contribution in [2.24, 2.45) is 0 Å². The molecule has 0 radical (unpaired) electrons. The van der Waals surface area contributed by atoms with E-state index in [0.29, 0.717) is 12.6 Å². The molecule has 0 bridgehead atoms. The maximum atomic E-state index is 12.0. The Bertz CT molecular complexity index is 571. The molecule has 0 fully saturated rings. The minimum atomic E-state index is -0.202. The standard InChI is InChI=1S/C11H12BrN3O2/c1-3-14-11(16)15(10(13-14)17-2)9-6-4-8(12)5-7-9/h4-7H,3H2,1-2H3. The number of hydrogen-bond donors (Lipinski definition) is 0. The fraction of sp³-hybridized carbons (Fsp3) is 0.273. The normalized spacial score (nSPS) is 10.5. The molecule has 2 rings (SSSR count). The fourth-order valence-electron chi connectivity index (χ4n) is 1.54. The third kappa shape index (κ3) is 2.12. The monoisotopic (exact) mass is 297 g/mol. The van der Waals surface area contributed by atoms with Crippen molar-refractivity contribution >= 4 is 15.9 Å². The van der Waals surface area contributed by atoms with Gasteiger partial charge in [0.05, 0.1) is 12.8 Å². The largest absolute Gasteiger partial charge is 0.467 e. The molecule has 2 aromatic rings. The van der Waals surface area contributed by atoms with Crippen molar-refractivity contribution in [3.8, 4) is 11.7 Å². The van der Waals surface area contributed by atoms with Gasteiger partial charge in [-0.25, -0.2) is 14.0 Å². The summed E-state index contributed by atoms with van der Waals surface area (Å²) in [6.45, 7) is 2.37. The molecule has 0 aliphatic rings. The van der Waals surface area contributed by atoms with Gasteiger partial charge in [-0.3, -0.25) is 0 Å². The predicted molar refractivity (Wildman–Crippen MR) is 67.8 cm³/mol. The number of benzene rings is 1. The van der Waals surface area contributed by atoms with E-state index in [1.807, 2.05) is 31.2 Å². The van der Waals surface area contributed by atoms with E-state index in [-0.39, 0.29) is 5.69 Å². The van der Waals surface area contributed by atoms with Crippen LogP contribution in [0, 0.1) is 0 Å². The Hall–Kier alpha value is -1.56. The molecular formula is C11H12BrN3O2. The number of rotatable bonds is 3. The summed E-state index contributed by atoms with van der Waals surface area (Å²) in [7, 11) is 1.50. The van der Waals surface area contributed by atoms with Gasteiger partial charge in [0.15, 0.2) is 0 Å². The first-order valence-electron chi connectivity index (χ1n) is 5.17. The maximum absolute atomic E-state index is 12.0. The number of aromatic nitrogens is 3. The Balaban J connectivity index is 2.61. The van der Waals surface area contributed by atoms with Crippen molar-refractivity contribution in [3.05, 3.63) is 39.2 Å². The lowest BCUT2D eigenvalue weighted by molar-refractivity contribution is 0.367.